The first kappa shape index (κ1) is 14.7. The van der Waals surface area contributed by atoms with Gasteiger partial charge in [-0.15, -0.1) is 0 Å². The number of carbonyl (C=O) groups is 1. The molecule has 1 N–H and O–H groups in total. The lowest BCUT2D eigenvalue weighted by Crippen LogP contribution is -2.43. The molecule has 0 aromatic carbocycles. The Balaban J connectivity index is 1.68. The molecular formula is C14H19N5O3. The summed E-state index contributed by atoms with van der Waals surface area (Å²) >= 11 is 0. The van der Waals surface area contributed by atoms with E-state index in [1.807, 2.05) is 20.8 Å². The van der Waals surface area contributed by atoms with Crippen LogP contribution in [0.1, 0.15) is 34.8 Å². The summed E-state index contributed by atoms with van der Waals surface area (Å²) in [5, 5.41) is 10.8. The molecule has 1 unspecified atom stereocenters. The maximum Gasteiger partial charge on any atom is 0.227 e. The van der Waals surface area contributed by atoms with Crippen molar-refractivity contribution in [3.05, 3.63) is 28.7 Å². The highest BCUT2D eigenvalue weighted by atomic mass is 16.5. The fourth-order valence-corrected chi connectivity index (χ4v) is 2.55. The third-order valence-corrected chi connectivity index (χ3v) is 3.83. The second-order valence-electron chi connectivity index (χ2n) is 5.46. The number of carbonyl (C=O) groups excluding carboxylic acids is 1. The molecule has 0 radical (unpaired) electrons. The Bertz CT molecular complexity index is 658. The molecular weight excluding hydrogens is 286 g/mol. The minimum absolute atomic E-state index is 0.0370. The van der Waals surface area contributed by atoms with Crippen LogP contribution in [-0.4, -0.2) is 50.8 Å². The summed E-state index contributed by atoms with van der Waals surface area (Å²) in [6.45, 7) is 7.01. The number of hydrogen-bond donors (Lipinski definition) is 1. The van der Waals surface area contributed by atoms with Gasteiger partial charge in [-0.25, -0.2) is 4.98 Å². The number of morpholine rings is 1. The van der Waals surface area contributed by atoms with E-state index in [1.165, 1.54) is 0 Å². The highest BCUT2D eigenvalue weighted by molar-refractivity contribution is 5.79. The van der Waals surface area contributed by atoms with E-state index in [9.17, 15) is 4.79 Å². The van der Waals surface area contributed by atoms with Gasteiger partial charge < -0.3 is 14.2 Å². The Morgan fingerprint density at radius 2 is 2.23 bits per heavy atom. The minimum atomic E-state index is -0.285. The van der Waals surface area contributed by atoms with E-state index in [2.05, 4.69) is 20.3 Å². The molecule has 2 aromatic heterocycles. The predicted molar refractivity (Wildman–Crippen MR) is 76.1 cm³/mol. The summed E-state index contributed by atoms with van der Waals surface area (Å²) in [7, 11) is 0. The second kappa shape index (κ2) is 5.88. The van der Waals surface area contributed by atoms with Gasteiger partial charge in [0.2, 0.25) is 5.91 Å². The van der Waals surface area contributed by atoms with Crippen molar-refractivity contribution in [2.75, 3.05) is 19.7 Å². The Morgan fingerprint density at radius 3 is 2.86 bits per heavy atom. The highest BCUT2D eigenvalue weighted by Gasteiger charge is 2.28. The molecule has 0 bridgehead atoms. The summed E-state index contributed by atoms with van der Waals surface area (Å²) in [5.74, 6) is 2.06. The van der Waals surface area contributed by atoms with E-state index >= 15 is 0 Å². The summed E-state index contributed by atoms with van der Waals surface area (Å²) in [6, 6.07) is 0. The van der Waals surface area contributed by atoms with E-state index in [1.54, 1.807) is 4.90 Å². The van der Waals surface area contributed by atoms with Gasteiger partial charge in [0, 0.05) is 12.1 Å². The van der Waals surface area contributed by atoms with Gasteiger partial charge in [-0.2, -0.15) is 5.10 Å². The molecule has 1 aliphatic rings. The van der Waals surface area contributed by atoms with E-state index < -0.39 is 0 Å². The topological polar surface area (TPSA) is 97.1 Å². The number of amides is 1. The van der Waals surface area contributed by atoms with Gasteiger partial charge in [0.25, 0.3) is 0 Å². The standard InChI is InChI=1S/C14H19N5O3/c1-8-11(9(2)22-18-8)6-13(20)19-4-5-21-12(7-19)14-15-10(3)16-17-14/h12H,4-7H2,1-3H3,(H,15,16,17). The van der Waals surface area contributed by atoms with E-state index in [4.69, 9.17) is 9.26 Å². The van der Waals surface area contributed by atoms with E-state index in [-0.39, 0.29) is 12.0 Å². The van der Waals surface area contributed by atoms with Crippen LogP contribution < -0.4 is 0 Å². The average molecular weight is 305 g/mol. The molecule has 0 aliphatic carbocycles. The molecule has 3 rings (SSSR count). The molecule has 22 heavy (non-hydrogen) atoms. The maximum atomic E-state index is 12.5. The summed E-state index contributed by atoms with van der Waals surface area (Å²) in [4.78, 5) is 18.6. The quantitative estimate of drug-likeness (QED) is 0.903. The Hall–Kier alpha value is -2.22. The Kier molecular flexibility index (Phi) is 3.93. The summed E-state index contributed by atoms with van der Waals surface area (Å²) in [5.41, 5.74) is 1.63. The zero-order valence-corrected chi connectivity index (χ0v) is 12.9. The number of aromatic nitrogens is 4. The zero-order valence-electron chi connectivity index (χ0n) is 12.9. The summed E-state index contributed by atoms with van der Waals surface area (Å²) in [6.07, 6.45) is 0.00768. The van der Waals surface area contributed by atoms with E-state index in [0.717, 1.165) is 17.1 Å². The van der Waals surface area contributed by atoms with Crippen molar-refractivity contribution in [2.24, 2.45) is 0 Å². The van der Waals surface area contributed by atoms with Gasteiger partial charge >= 0.3 is 0 Å². The number of ether oxygens (including phenoxy) is 1. The monoisotopic (exact) mass is 305 g/mol. The molecule has 1 aliphatic heterocycles. The third kappa shape index (κ3) is 2.87. The normalized spacial score (nSPS) is 18.7. The lowest BCUT2D eigenvalue weighted by Gasteiger charge is -2.31. The number of nitrogens with one attached hydrogen (secondary N) is 1. The minimum Gasteiger partial charge on any atom is -0.366 e. The van der Waals surface area contributed by atoms with E-state index in [0.29, 0.717) is 37.7 Å². The first-order valence-corrected chi connectivity index (χ1v) is 7.24. The average Bonchev–Trinajstić information content (AvgIpc) is 3.08. The Labute approximate surface area is 127 Å². The number of H-pyrrole nitrogens is 1. The van der Waals surface area contributed by atoms with Crippen LogP contribution in [0, 0.1) is 20.8 Å². The lowest BCUT2D eigenvalue weighted by molar-refractivity contribution is -0.138. The van der Waals surface area contributed by atoms with Gasteiger partial charge in [-0.05, 0) is 20.8 Å². The maximum absolute atomic E-state index is 12.5. The number of aromatic amines is 1. The number of hydrogen-bond acceptors (Lipinski definition) is 6. The Morgan fingerprint density at radius 1 is 1.41 bits per heavy atom. The molecule has 0 spiro atoms. The largest absolute Gasteiger partial charge is 0.366 e. The van der Waals surface area contributed by atoms with Crippen LogP contribution >= 0.6 is 0 Å². The van der Waals surface area contributed by atoms with Crippen LogP contribution in [0.5, 0.6) is 0 Å². The molecule has 2 aromatic rings. The number of rotatable bonds is 3. The number of nitrogens with zero attached hydrogens (tertiary/aromatic N) is 4. The SMILES string of the molecule is Cc1nc(C2CN(C(=O)Cc3c(C)noc3C)CCO2)n[nH]1. The van der Waals surface area contributed by atoms with Crippen molar-refractivity contribution in [3.8, 4) is 0 Å². The smallest absolute Gasteiger partial charge is 0.227 e. The van der Waals surface area contributed by atoms with Crippen molar-refractivity contribution < 1.29 is 14.1 Å². The van der Waals surface area contributed by atoms with Crippen LogP contribution in [0.3, 0.4) is 0 Å². The fourth-order valence-electron chi connectivity index (χ4n) is 2.55. The van der Waals surface area contributed by atoms with Crippen LogP contribution in [0.25, 0.3) is 0 Å². The van der Waals surface area contributed by atoms with Gasteiger partial charge in [-0.3, -0.25) is 9.89 Å². The van der Waals surface area contributed by atoms with Gasteiger partial charge in [0.15, 0.2) is 5.82 Å². The van der Waals surface area contributed by atoms with Crippen LogP contribution in [0.4, 0.5) is 0 Å². The van der Waals surface area contributed by atoms with Crippen LogP contribution in [-0.2, 0) is 16.0 Å². The molecule has 1 saturated heterocycles. The van der Waals surface area contributed by atoms with Crippen molar-refractivity contribution in [3.63, 3.8) is 0 Å². The summed E-state index contributed by atoms with van der Waals surface area (Å²) < 4.78 is 10.8. The van der Waals surface area contributed by atoms with Gasteiger partial charge in [0.05, 0.1) is 25.3 Å². The van der Waals surface area contributed by atoms with Crippen molar-refractivity contribution in [2.45, 2.75) is 33.3 Å². The molecule has 1 amide bonds. The molecule has 0 saturated carbocycles. The first-order chi connectivity index (χ1) is 10.5. The molecule has 8 nitrogen and oxygen atoms in total. The van der Waals surface area contributed by atoms with Crippen LogP contribution in [0.15, 0.2) is 4.52 Å². The van der Waals surface area contributed by atoms with Gasteiger partial charge in [-0.1, -0.05) is 5.16 Å². The second-order valence-corrected chi connectivity index (χ2v) is 5.46. The predicted octanol–water partition coefficient (Wildman–Crippen LogP) is 0.861. The molecule has 118 valence electrons. The molecule has 1 fully saturated rings. The van der Waals surface area contributed by atoms with Gasteiger partial charge in [0.1, 0.15) is 17.7 Å². The third-order valence-electron chi connectivity index (χ3n) is 3.83. The van der Waals surface area contributed by atoms with Crippen molar-refractivity contribution in [1.82, 2.24) is 25.2 Å². The van der Waals surface area contributed by atoms with Crippen LogP contribution in [0.2, 0.25) is 0 Å². The highest BCUT2D eigenvalue weighted by Crippen LogP contribution is 2.21. The fraction of sp³-hybridized carbons (Fsp3) is 0.571. The van der Waals surface area contributed by atoms with Crippen molar-refractivity contribution >= 4 is 5.91 Å². The van der Waals surface area contributed by atoms with Crippen molar-refractivity contribution in [1.29, 1.82) is 0 Å². The zero-order chi connectivity index (χ0) is 15.7. The number of aryl methyl sites for hydroxylation is 3. The lowest BCUT2D eigenvalue weighted by atomic mass is 10.1. The first-order valence-electron chi connectivity index (χ1n) is 7.24. The molecule has 3 heterocycles. The molecule has 8 heteroatoms. The molecule has 1 atom stereocenters.